The number of rotatable bonds is 4. The van der Waals surface area contributed by atoms with Crippen LogP contribution in [0.3, 0.4) is 0 Å². The molecule has 1 N–H and O–H groups in total. The summed E-state index contributed by atoms with van der Waals surface area (Å²) < 4.78 is 13.0. The van der Waals surface area contributed by atoms with Crippen LogP contribution in [0.2, 0.25) is 0 Å². The van der Waals surface area contributed by atoms with Crippen LogP contribution in [-0.2, 0) is 13.0 Å². The van der Waals surface area contributed by atoms with E-state index in [0.29, 0.717) is 23.3 Å². The summed E-state index contributed by atoms with van der Waals surface area (Å²) in [5, 5.41) is 0. The second kappa shape index (κ2) is 7.40. The summed E-state index contributed by atoms with van der Waals surface area (Å²) in [5.41, 5.74) is 2.64. The minimum Gasteiger partial charge on any atom is -0.354 e. The number of aryl methyl sites for hydroxylation is 1. The van der Waals surface area contributed by atoms with Crippen molar-refractivity contribution >= 4 is 17.0 Å². The molecule has 1 aliphatic rings. The molecule has 140 valence electrons. The molecule has 0 radical (unpaired) electrons. The van der Waals surface area contributed by atoms with E-state index in [0.717, 1.165) is 44.1 Å². The third-order valence-electron chi connectivity index (χ3n) is 4.82. The maximum Gasteiger partial charge on any atom is 0.270 e. The molecule has 0 saturated carbocycles. The molecule has 0 aliphatic carbocycles. The van der Waals surface area contributed by atoms with Gasteiger partial charge in [0.2, 0.25) is 0 Å². The van der Waals surface area contributed by atoms with Crippen molar-refractivity contribution in [2.45, 2.75) is 19.9 Å². The van der Waals surface area contributed by atoms with E-state index in [-0.39, 0.29) is 11.4 Å². The van der Waals surface area contributed by atoms with Crippen molar-refractivity contribution < 1.29 is 4.39 Å². The Hall–Kier alpha value is -2.87. The molecule has 0 unspecified atom stereocenters. The van der Waals surface area contributed by atoms with Gasteiger partial charge in [-0.15, -0.1) is 0 Å². The molecular formula is C19H21FN6O. The highest BCUT2D eigenvalue weighted by molar-refractivity contribution is 5.69. The number of aromatic amines is 1. The van der Waals surface area contributed by atoms with E-state index in [1.807, 2.05) is 19.2 Å². The smallest absolute Gasteiger partial charge is 0.270 e. The predicted molar refractivity (Wildman–Crippen MR) is 101 cm³/mol. The number of piperazine rings is 1. The van der Waals surface area contributed by atoms with Gasteiger partial charge in [0.25, 0.3) is 5.56 Å². The number of nitrogens with zero attached hydrogens (tertiary/aromatic N) is 5. The van der Waals surface area contributed by atoms with Gasteiger partial charge in [-0.1, -0.05) is 6.92 Å². The Bertz CT molecular complexity index is 995. The van der Waals surface area contributed by atoms with Crippen molar-refractivity contribution in [1.82, 2.24) is 24.8 Å². The topological polar surface area (TPSA) is 78.0 Å². The van der Waals surface area contributed by atoms with Crippen molar-refractivity contribution in [3.05, 3.63) is 58.0 Å². The van der Waals surface area contributed by atoms with Crippen LogP contribution in [0.15, 0.2) is 35.4 Å². The Balaban J connectivity index is 1.42. The van der Waals surface area contributed by atoms with E-state index in [2.05, 4.69) is 29.7 Å². The molecule has 0 atom stereocenters. The summed E-state index contributed by atoms with van der Waals surface area (Å²) in [6.07, 6.45) is 3.66. The molecule has 0 aromatic carbocycles. The van der Waals surface area contributed by atoms with E-state index in [1.54, 1.807) is 6.07 Å². The summed E-state index contributed by atoms with van der Waals surface area (Å²) in [6, 6.07) is 5.10. The van der Waals surface area contributed by atoms with Crippen LogP contribution in [0.5, 0.6) is 0 Å². The minimum absolute atomic E-state index is 0.149. The molecule has 0 bridgehead atoms. The summed E-state index contributed by atoms with van der Waals surface area (Å²) in [4.78, 5) is 32.2. The summed E-state index contributed by atoms with van der Waals surface area (Å²) in [6.45, 7) is 6.07. The van der Waals surface area contributed by atoms with Crippen LogP contribution < -0.4 is 10.5 Å². The number of nitrogens with one attached hydrogen (secondary N) is 1. The molecule has 4 heterocycles. The average Bonchev–Trinajstić information content (AvgIpc) is 2.69. The highest BCUT2D eigenvalue weighted by atomic mass is 19.1. The van der Waals surface area contributed by atoms with Crippen LogP contribution >= 0.6 is 0 Å². The molecule has 7 nitrogen and oxygen atoms in total. The van der Waals surface area contributed by atoms with Crippen molar-refractivity contribution in [1.29, 1.82) is 0 Å². The van der Waals surface area contributed by atoms with Crippen molar-refractivity contribution in [3.63, 3.8) is 0 Å². The van der Waals surface area contributed by atoms with Gasteiger partial charge in [-0.25, -0.2) is 19.3 Å². The number of hydrogen-bond donors (Lipinski definition) is 1. The number of anilines is 1. The zero-order chi connectivity index (χ0) is 18.8. The first kappa shape index (κ1) is 17.5. The third-order valence-corrected chi connectivity index (χ3v) is 4.82. The first-order valence-electron chi connectivity index (χ1n) is 9.09. The van der Waals surface area contributed by atoms with Gasteiger partial charge in [0.15, 0.2) is 5.65 Å². The Kier molecular flexibility index (Phi) is 4.81. The predicted octanol–water partition coefficient (Wildman–Crippen LogP) is 1.74. The highest BCUT2D eigenvalue weighted by Gasteiger charge is 2.18. The molecule has 27 heavy (non-hydrogen) atoms. The van der Waals surface area contributed by atoms with Gasteiger partial charge in [-0.3, -0.25) is 9.69 Å². The highest BCUT2D eigenvalue weighted by Crippen LogP contribution is 2.16. The Morgan fingerprint density at radius 2 is 1.96 bits per heavy atom. The van der Waals surface area contributed by atoms with Gasteiger partial charge < -0.3 is 9.88 Å². The van der Waals surface area contributed by atoms with E-state index in [9.17, 15) is 9.18 Å². The van der Waals surface area contributed by atoms with E-state index >= 15 is 0 Å². The molecular weight excluding hydrogens is 347 g/mol. The largest absolute Gasteiger partial charge is 0.354 e. The summed E-state index contributed by atoms with van der Waals surface area (Å²) >= 11 is 0. The molecule has 3 aromatic heterocycles. The number of halogens is 1. The van der Waals surface area contributed by atoms with Crippen molar-refractivity contribution in [2.24, 2.45) is 0 Å². The molecule has 1 fully saturated rings. The Labute approximate surface area is 155 Å². The number of fused-ring (bicyclic) bond motifs is 1. The molecule has 4 rings (SSSR count). The standard InChI is InChI=1S/C19H21FN6O/c1-2-15-19(27)24-16-9-13(10-22-18(16)23-15)12-25-5-7-26(8-6-25)17-4-3-14(20)11-21-17/h3-4,9-11H,2,5-8,12H2,1H3,(H,24,27). The fourth-order valence-electron chi connectivity index (χ4n) is 3.33. The van der Waals surface area contributed by atoms with E-state index in [1.165, 1.54) is 12.3 Å². The van der Waals surface area contributed by atoms with Crippen molar-refractivity contribution in [3.8, 4) is 0 Å². The maximum atomic E-state index is 13.0. The number of hydrogen-bond acceptors (Lipinski definition) is 6. The van der Waals surface area contributed by atoms with Crippen LogP contribution in [0, 0.1) is 5.82 Å². The van der Waals surface area contributed by atoms with E-state index < -0.39 is 0 Å². The zero-order valence-electron chi connectivity index (χ0n) is 15.2. The van der Waals surface area contributed by atoms with Crippen LogP contribution in [0.25, 0.3) is 11.2 Å². The first-order valence-corrected chi connectivity index (χ1v) is 9.09. The van der Waals surface area contributed by atoms with E-state index in [4.69, 9.17) is 0 Å². The van der Waals surface area contributed by atoms with Gasteiger partial charge in [0.1, 0.15) is 17.3 Å². The fourth-order valence-corrected chi connectivity index (χ4v) is 3.33. The number of H-pyrrole nitrogens is 1. The Morgan fingerprint density at radius 3 is 2.67 bits per heavy atom. The van der Waals surface area contributed by atoms with Gasteiger partial charge in [-0.2, -0.15) is 0 Å². The normalized spacial score (nSPS) is 15.4. The van der Waals surface area contributed by atoms with Crippen LogP contribution in [0.4, 0.5) is 10.2 Å². The zero-order valence-corrected chi connectivity index (χ0v) is 15.2. The lowest BCUT2D eigenvalue weighted by Gasteiger charge is -2.35. The molecule has 8 heteroatoms. The SMILES string of the molecule is CCc1nc2ncc(CN3CCN(c4ccc(F)cn4)CC3)cc2[nH]c1=O. The molecule has 0 amide bonds. The second-order valence-electron chi connectivity index (χ2n) is 6.68. The van der Waals surface area contributed by atoms with Crippen LogP contribution in [-0.4, -0.2) is 51.0 Å². The Morgan fingerprint density at radius 1 is 1.15 bits per heavy atom. The first-order chi connectivity index (χ1) is 13.1. The van der Waals surface area contributed by atoms with Crippen LogP contribution in [0.1, 0.15) is 18.2 Å². The second-order valence-corrected chi connectivity index (χ2v) is 6.68. The number of pyridine rings is 2. The molecule has 1 aliphatic heterocycles. The summed E-state index contributed by atoms with van der Waals surface area (Å²) in [7, 11) is 0. The number of aromatic nitrogens is 4. The fraction of sp³-hybridized carbons (Fsp3) is 0.368. The monoisotopic (exact) mass is 368 g/mol. The van der Waals surface area contributed by atoms with Gasteiger partial charge >= 0.3 is 0 Å². The summed E-state index contributed by atoms with van der Waals surface area (Å²) in [5.74, 6) is 0.485. The third kappa shape index (κ3) is 3.80. The van der Waals surface area contributed by atoms with Gasteiger partial charge in [0, 0.05) is 38.9 Å². The van der Waals surface area contributed by atoms with Crippen molar-refractivity contribution in [2.75, 3.05) is 31.1 Å². The molecule has 0 spiro atoms. The lowest BCUT2D eigenvalue weighted by atomic mass is 10.2. The molecule has 3 aromatic rings. The quantitative estimate of drug-likeness (QED) is 0.756. The lowest BCUT2D eigenvalue weighted by Crippen LogP contribution is -2.46. The molecule has 1 saturated heterocycles. The minimum atomic E-state index is -0.320. The maximum absolute atomic E-state index is 13.0. The average molecular weight is 368 g/mol. The van der Waals surface area contributed by atoms with Gasteiger partial charge in [0.05, 0.1) is 11.7 Å². The van der Waals surface area contributed by atoms with Gasteiger partial charge in [-0.05, 0) is 30.2 Å². The lowest BCUT2D eigenvalue weighted by molar-refractivity contribution is 0.249.